The molecule has 0 bridgehead atoms. The molecule has 0 atom stereocenters. The van der Waals surface area contributed by atoms with Crippen molar-refractivity contribution in [3.05, 3.63) is 27.0 Å². The Bertz CT molecular complexity index is 960. The molecule has 1 fully saturated rings. The minimum absolute atomic E-state index is 0.00991. The van der Waals surface area contributed by atoms with Crippen LogP contribution in [0.4, 0.5) is 0 Å². The number of nitrogens with zero attached hydrogens (tertiary/aromatic N) is 3. The lowest BCUT2D eigenvalue weighted by atomic mass is 9.96. The van der Waals surface area contributed by atoms with Crippen molar-refractivity contribution in [2.45, 2.75) is 43.0 Å². The summed E-state index contributed by atoms with van der Waals surface area (Å²) >= 11 is 13.6. The molecule has 6 nitrogen and oxygen atoms in total. The molecule has 2 aromatic rings. The first-order valence-corrected chi connectivity index (χ1v) is 11.0. The third-order valence-corrected chi connectivity index (χ3v) is 6.87. The van der Waals surface area contributed by atoms with Crippen molar-refractivity contribution in [1.82, 2.24) is 9.78 Å². The highest BCUT2D eigenvalue weighted by atomic mass is 35.5. The van der Waals surface area contributed by atoms with Gasteiger partial charge in [0.25, 0.3) is 0 Å². The Morgan fingerprint density at radius 3 is 2.56 bits per heavy atom. The van der Waals surface area contributed by atoms with Crippen molar-refractivity contribution in [2.24, 2.45) is 17.2 Å². The summed E-state index contributed by atoms with van der Waals surface area (Å²) in [7, 11) is -2.14. The Morgan fingerprint density at radius 1 is 1.24 bits per heavy atom. The van der Waals surface area contributed by atoms with Gasteiger partial charge in [0.1, 0.15) is 9.90 Å². The van der Waals surface area contributed by atoms with Crippen LogP contribution in [0.3, 0.4) is 0 Å². The molecular weight excluding hydrogens is 403 g/mol. The van der Waals surface area contributed by atoms with Gasteiger partial charge in [-0.3, -0.25) is 4.99 Å². The number of aryl methyl sites for hydroxylation is 1. The number of hydrogen-bond acceptors (Lipinski definition) is 5. The van der Waals surface area contributed by atoms with Crippen molar-refractivity contribution in [3.8, 4) is 10.6 Å². The second kappa shape index (κ2) is 7.36. The van der Waals surface area contributed by atoms with Gasteiger partial charge in [-0.1, -0.05) is 53.8 Å². The zero-order valence-corrected chi connectivity index (χ0v) is 16.7. The molecule has 10 heteroatoms. The Morgan fingerprint density at radius 2 is 1.92 bits per heavy atom. The molecule has 1 aliphatic carbocycles. The third kappa shape index (κ3) is 4.25. The molecule has 136 valence electrons. The van der Waals surface area contributed by atoms with Crippen LogP contribution >= 0.6 is 34.5 Å². The first-order chi connectivity index (χ1) is 11.8. The molecule has 0 saturated heterocycles. The molecule has 0 unspecified atom stereocenters. The molecule has 25 heavy (non-hydrogen) atoms. The fourth-order valence-electron chi connectivity index (χ4n) is 2.85. The summed E-state index contributed by atoms with van der Waals surface area (Å²) < 4.78 is 25.1. The van der Waals surface area contributed by atoms with Crippen LogP contribution in [0.5, 0.6) is 0 Å². The lowest BCUT2D eigenvalue weighted by molar-refractivity contribution is 0.434. The number of sulfonamides is 1. The first-order valence-electron chi connectivity index (χ1n) is 7.86. The molecular formula is C15H18Cl2N4O2S2. The molecule has 0 spiro atoms. The molecule has 0 aliphatic heterocycles. The zero-order chi connectivity index (χ0) is 18.2. The summed E-state index contributed by atoms with van der Waals surface area (Å²) in [5.74, 6) is 0. The van der Waals surface area contributed by atoms with Gasteiger partial charge in [-0.25, -0.2) is 18.2 Å². The van der Waals surface area contributed by atoms with Crippen molar-refractivity contribution < 1.29 is 8.42 Å². The van der Waals surface area contributed by atoms with Gasteiger partial charge in [-0.05, 0) is 25.0 Å². The van der Waals surface area contributed by atoms with E-state index < -0.39 is 10.0 Å². The molecule has 1 aromatic carbocycles. The highest BCUT2D eigenvalue weighted by Crippen LogP contribution is 2.34. The van der Waals surface area contributed by atoms with Gasteiger partial charge in [0, 0.05) is 12.6 Å². The maximum atomic E-state index is 11.7. The number of rotatable bonds is 3. The van der Waals surface area contributed by atoms with Crippen molar-refractivity contribution >= 4 is 44.6 Å². The van der Waals surface area contributed by atoms with Crippen LogP contribution in [0.25, 0.3) is 10.6 Å². The van der Waals surface area contributed by atoms with E-state index in [4.69, 9.17) is 33.3 Å². The Balaban J connectivity index is 2.06. The maximum absolute atomic E-state index is 11.7. The lowest BCUT2D eigenvalue weighted by Crippen LogP contribution is -2.18. The van der Waals surface area contributed by atoms with Crippen molar-refractivity contribution in [1.29, 1.82) is 0 Å². The highest BCUT2D eigenvalue weighted by Gasteiger charge is 2.19. The smallest absolute Gasteiger partial charge is 0.239 e. The normalized spacial score (nSPS) is 17.2. The number of primary sulfonamides is 1. The predicted octanol–water partition coefficient (Wildman–Crippen LogP) is 3.34. The zero-order valence-electron chi connectivity index (χ0n) is 13.6. The number of aromatic nitrogens is 2. The summed E-state index contributed by atoms with van der Waals surface area (Å²) in [6, 6.07) is 3.05. The van der Waals surface area contributed by atoms with E-state index in [1.807, 2.05) is 7.05 Å². The van der Waals surface area contributed by atoms with Crippen LogP contribution in [-0.2, 0) is 17.1 Å². The van der Waals surface area contributed by atoms with Crippen LogP contribution in [0.2, 0.25) is 10.0 Å². The van der Waals surface area contributed by atoms with E-state index in [9.17, 15) is 8.42 Å². The second-order valence-corrected chi connectivity index (χ2v) is 9.34. The van der Waals surface area contributed by atoms with Crippen LogP contribution in [0.1, 0.15) is 32.1 Å². The summed E-state index contributed by atoms with van der Waals surface area (Å²) in [5.41, 5.74) is 0.473. The minimum atomic E-state index is -3.95. The van der Waals surface area contributed by atoms with E-state index in [0.29, 0.717) is 21.6 Å². The van der Waals surface area contributed by atoms with E-state index in [2.05, 4.69) is 5.10 Å². The molecule has 0 amide bonds. The van der Waals surface area contributed by atoms with Crippen LogP contribution in [-0.4, -0.2) is 24.2 Å². The van der Waals surface area contributed by atoms with Gasteiger partial charge < -0.3 is 0 Å². The molecule has 1 aromatic heterocycles. The summed E-state index contributed by atoms with van der Waals surface area (Å²) in [6.45, 7) is 0. The number of halogens is 2. The Labute approximate surface area is 160 Å². The summed E-state index contributed by atoms with van der Waals surface area (Å²) in [6.07, 6.45) is 5.84. The van der Waals surface area contributed by atoms with Gasteiger partial charge in [0.05, 0.1) is 16.1 Å². The van der Waals surface area contributed by atoms with E-state index in [0.717, 1.165) is 17.6 Å². The van der Waals surface area contributed by atoms with Crippen molar-refractivity contribution in [2.75, 3.05) is 0 Å². The quantitative estimate of drug-likeness (QED) is 0.824. The molecule has 1 heterocycles. The predicted molar refractivity (Wildman–Crippen MR) is 100 cm³/mol. The molecule has 1 saturated carbocycles. The largest absolute Gasteiger partial charge is 0.254 e. The monoisotopic (exact) mass is 420 g/mol. The molecule has 2 N–H and O–H groups in total. The number of hydrogen-bond donors (Lipinski definition) is 1. The Hall–Kier alpha value is -0.930. The van der Waals surface area contributed by atoms with Gasteiger partial charge >= 0.3 is 0 Å². The van der Waals surface area contributed by atoms with Gasteiger partial charge in [0.2, 0.25) is 14.8 Å². The summed E-state index contributed by atoms with van der Waals surface area (Å²) in [4.78, 5) is 5.40. The average molecular weight is 421 g/mol. The van der Waals surface area contributed by atoms with Gasteiger partial charge in [0.15, 0.2) is 0 Å². The standard InChI is InChI=1S/C15H18Cl2N4O2S2/c1-21-15(19-9-5-3-2-4-6-9)24-14(20-21)10-7-13(25(18,22)23)12(17)8-11(10)16/h7-9H,2-6H2,1H3,(H2,18,22,23). The maximum Gasteiger partial charge on any atom is 0.239 e. The van der Waals surface area contributed by atoms with Crippen molar-refractivity contribution in [3.63, 3.8) is 0 Å². The second-order valence-electron chi connectivity index (χ2n) is 6.04. The fourth-order valence-corrected chi connectivity index (χ4v) is 5.30. The van der Waals surface area contributed by atoms with Crippen LogP contribution in [0, 0.1) is 0 Å². The Kier molecular flexibility index (Phi) is 5.55. The topological polar surface area (TPSA) is 90.3 Å². The SMILES string of the molecule is Cn1nc(-c2cc(S(N)(=O)=O)c(Cl)cc2Cl)sc1=NC1CCCCC1. The molecule has 0 radical (unpaired) electrons. The van der Waals surface area contributed by atoms with E-state index in [-0.39, 0.29) is 9.92 Å². The van der Waals surface area contributed by atoms with Gasteiger partial charge in [-0.2, -0.15) is 5.10 Å². The lowest BCUT2D eigenvalue weighted by Gasteiger charge is -2.16. The summed E-state index contributed by atoms with van der Waals surface area (Å²) in [5, 5.41) is 10.5. The fraction of sp³-hybridized carbons (Fsp3) is 0.467. The van der Waals surface area contributed by atoms with E-state index in [1.54, 1.807) is 4.68 Å². The van der Waals surface area contributed by atoms with Gasteiger partial charge in [-0.15, -0.1) is 0 Å². The van der Waals surface area contributed by atoms with Crippen LogP contribution in [0.15, 0.2) is 22.0 Å². The number of benzene rings is 1. The molecule has 1 aliphatic rings. The first kappa shape index (κ1) is 18.8. The number of nitrogens with two attached hydrogens (primary N) is 1. The molecule has 3 rings (SSSR count). The van der Waals surface area contributed by atoms with E-state index in [1.165, 1.54) is 42.7 Å². The highest BCUT2D eigenvalue weighted by molar-refractivity contribution is 7.89. The van der Waals surface area contributed by atoms with E-state index >= 15 is 0 Å². The average Bonchev–Trinajstić information content (AvgIpc) is 2.87. The third-order valence-electron chi connectivity index (χ3n) is 4.13. The van der Waals surface area contributed by atoms with Crippen LogP contribution < -0.4 is 9.94 Å². The minimum Gasteiger partial charge on any atom is -0.254 e.